The quantitative estimate of drug-likeness (QED) is 0.853. The smallest absolute Gasteiger partial charge is 0.253 e. The maximum atomic E-state index is 12.2. The minimum atomic E-state index is 0.0112. The van der Waals surface area contributed by atoms with E-state index in [0.29, 0.717) is 11.5 Å². The lowest BCUT2D eigenvalue weighted by Crippen LogP contribution is -2.38. The van der Waals surface area contributed by atoms with Crippen molar-refractivity contribution in [2.45, 2.75) is 19.3 Å². The molecule has 2 rings (SSSR count). The monoisotopic (exact) mass is 248 g/mol. The molecule has 1 amide bonds. The summed E-state index contributed by atoms with van der Waals surface area (Å²) in [6.45, 7) is 2.31. The van der Waals surface area contributed by atoms with Gasteiger partial charge >= 0.3 is 0 Å². The maximum absolute atomic E-state index is 12.2. The number of amides is 1. The first-order valence-corrected chi connectivity index (χ1v) is 6.49. The number of nitrogens with two attached hydrogens (primary N) is 1. The van der Waals surface area contributed by atoms with Crippen LogP contribution < -0.4 is 5.73 Å². The Hall–Kier alpha value is -1.55. The molecule has 3 N–H and O–H groups in total. The van der Waals surface area contributed by atoms with Crippen molar-refractivity contribution in [2.24, 2.45) is 11.7 Å². The predicted octanol–water partition coefficient (Wildman–Crippen LogP) is 1.59. The van der Waals surface area contributed by atoms with Gasteiger partial charge in [-0.2, -0.15) is 0 Å². The van der Waals surface area contributed by atoms with Crippen LogP contribution in [0.4, 0.5) is 0 Å². The number of hydrogen-bond donors (Lipinski definition) is 2. The summed E-state index contributed by atoms with van der Waals surface area (Å²) in [6.07, 6.45) is 3.11. The Balaban J connectivity index is 1.95. The zero-order valence-electron chi connectivity index (χ0n) is 10.5. The number of nitrogens with zero attached hydrogens (tertiary/aromatic N) is 1. The van der Waals surface area contributed by atoms with E-state index in [4.69, 9.17) is 5.73 Å². The Morgan fingerprint density at radius 2 is 2.11 bits per heavy atom. The number of rotatable bonds is 3. The van der Waals surface area contributed by atoms with Crippen LogP contribution in [-0.4, -0.2) is 35.5 Å². The van der Waals surface area contributed by atoms with E-state index < -0.39 is 0 Å². The van der Waals surface area contributed by atoms with Gasteiger partial charge in [0.2, 0.25) is 0 Å². The van der Waals surface area contributed by atoms with E-state index in [2.05, 4.69) is 0 Å². The van der Waals surface area contributed by atoms with Crippen molar-refractivity contribution in [1.29, 1.82) is 0 Å². The van der Waals surface area contributed by atoms with Gasteiger partial charge in [0.05, 0.1) is 0 Å². The molecular formula is C14H20N2O2. The normalized spacial score (nSPS) is 16.8. The largest absolute Gasteiger partial charge is 0.508 e. The summed E-state index contributed by atoms with van der Waals surface area (Å²) >= 11 is 0. The van der Waals surface area contributed by atoms with E-state index in [1.54, 1.807) is 18.2 Å². The van der Waals surface area contributed by atoms with Crippen molar-refractivity contribution in [2.75, 3.05) is 19.6 Å². The number of benzene rings is 1. The molecule has 1 aromatic rings. The van der Waals surface area contributed by atoms with Gasteiger partial charge in [-0.25, -0.2) is 0 Å². The van der Waals surface area contributed by atoms with E-state index >= 15 is 0 Å². The van der Waals surface area contributed by atoms with Crippen LogP contribution in [0.15, 0.2) is 24.3 Å². The molecule has 0 atom stereocenters. The van der Waals surface area contributed by atoms with Gasteiger partial charge < -0.3 is 15.7 Å². The lowest BCUT2D eigenvalue weighted by atomic mass is 9.93. The summed E-state index contributed by atoms with van der Waals surface area (Å²) in [6, 6.07) is 6.54. The molecule has 1 fully saturated rings. The van der Waals surface area contributed by atoms with Gasteiger partial charge in [-0.1, -0.05) is 6.07 Å². The topological polar surface area (TPSA) is 66.6 Å². The molecule has 1 aliphatic heterocycles. The number of phenols is 1. The van der Waals surface area contributed by atoms with E-state index in [1.807, 2.05) is 4.90 Å². The van der Waals surface area contributed by atoms with Crippen LogP contribution in [0, 0.1) is 5.92 Å². The molecule has 0 spiro atoms. The Bertz CT molecular complexity index is 412. The van der Waals surface area contributed by atoms with Crippen molar-refractivity contribution < 1.29 is 9.90 Å². The summed E-state index contributed by atoms with van der Waals surface area (Å²) in [4.78, 5) is 14.1. The lowest BCUT2D eigenvalue weighted by Gasteiger charge is -2.32. The number of carbonyl (C=O) groups is 1. The molecule has 1 heterocycles. The van der Waals surface area contributed by atoms with Gasteiger partial charge in [-0.05, 0) is 49.9 Å². The van der Waals surface area contributed by atoms with Crippen LogP contribution in [0.2, 0.25) is 0 Å². The molecule has 0 bridgehead atoms. The molecule has 4 nitrogen and oxygen atoms in total. The highest BCUT2D eigenvalue weighted by atomic mass is 16.3. The molecular weight excluding hydrogens is 228 g/mol. The number of likely N-dealkylation sites (tertiary alicyclic amines) is 1. The fraction of sp³-hybridized carbons (Fsp3) is 0.500. The Morgan fingerprint density at radius 1 is 1.39 bits per heavy atom. The van der Waals surface area contributed by atoms with Gasteiger partial charge in [0.15, 0.2) is 0 Å². The van der Waals surface area contributed by atoms with Crippen LogP contribution >= 0.6 is 0 Å². The minimum Gasteiger partial charge on any atom is -0.508 e. The summed E-state index contributed by atoms with van der Waals surface area (Å²) in [7, 11) is 0. The molecule has 0 saturated carbocycles. The second-order valence-electron chi connectivity index (χ2n) is 4.86. The number of piperidine rings is 1. The third kappa shape index (κ3) is 3.01. The van der Waals surface area contributed by atoms with Crippen LogP contribution in [-0.2, 0) is 0 Å². The van der Waals surface area contributed by atoms with Gasteiger partial charge in [0.25, 0.3) is 5.91 Å². The van der Waals surface area contributed by atoms with Gasteiger partial charge in [0.1, 0.15) is 5.75 Å². The standard InChI is InChI=1S/C14H20N2O2/c15-7-4-11-5-8-16(9-6-11)14(18)12-2-1-3-13(17)10-12/h1-3,10-11,17H,4-9,15H2. The third-order valence-corrected chi connectivity index (χ3v) is 3.57. The summed E-state index contributed by atoms with van der Waals surface area (Å²) in [5, 5.41) is 9.39. The average Bonchev–Trinajstić information content (AvgIpc) is 2.39. The molecule has 0 radical (unpaired) electrons. The molecule has 1 saturated heterocycles. The zero-order valence-corrected chi connectivity index (χ0v) is 10.5. The fourth-order valence-electron chi connectivity index (χ4n) is 2.48. The van der Waals surface area contributed by atoms with Gasteiger partial charge in [-0.15, -0.1) is 0 Å². The zero-order chi connectivity index (χ0) is 13.0. The fourth-order valence-corrected chi connectivity index (χ4v) is 2.48. The van der Waals surface area contributed by atoms with Crippen molar-refractivity contribution in [3.05, 3.63) is 29.8 Å². The summed E-state index contributed by atoms with van der Waals surface area (Å²) in [5.74, 6) is 0.805. The molecule has 98 valence electrons. The first kappa shape index (κ1) is 12.9. The Labute approximate surface area is 107 Å². The second kappa shape index (κ2) is 5.87. The van der Waals surface area contributed by atoms with Crippen LogP contribution in [0.25, 0.3) is 0 Å². The maximum Gasteiger partial charge on any atom is 0.253 e. The van der Waals surface area contributed by atoms with Gasteiger partial charge in [0, 0.05) is 18.7 Å². The highest BCUT2D eigenvalue weighted by Crippen LogP contribution is 2.22. The van der Waals surface area contributed by atoms with E-state index in [9.17, 15) is 9.90 Å². The number of hydrogen-bond acceptors (Lipinski definition) is 3. The first-order chi connectivity index (χ1) is 8.70. The van der Waals surface area contributed by atoms with Crippen molar-refractivity contribution in [3.8, 4) is 5.75 Å². The first-order valence-electron chi connectivity index (χ1n) is 6.49. The molecule has 0 aliphatic carbocycles. The SMILES string of the molecule is NCCC1CCN(C(=O)c2cccc(O)c2)CC1. The minimum absolute atomic E-state index is 0.0112. The molecule has 0 unspecified atom stereocenters. The Morgan fingerprint density at radius 3 is 2.72 bits per heavy atom. The van der Waals surface area contributed by atoms with E-state index in [-0.39, 0.29) is 11.7 Å². The van der Waals surface area contributed by atoms with Crippen LogP contribution in [0.3, 0.4) is 0 Å². The van der Waals surface area contributed by atoms with Crippen molar-refractivity contribution in [1.82, 2.24) is 4.90 Å². The van der Waals surface area contributed by atoms with Crippen molar-refractivity contribution in [3.63, 3.8) is 0 Å². The second-order valence-corrected chi connectivity index (χ2v) is 4.86. The Kier molecular flexibility index (Phi) is 4.20. The highest BCUT2D eigenvalue weighted by Gasteiger charge is 2.23. The summed E-state index contributed by atoms with van der Waals surface area (Å²) in [5.41, 5.74) is 6.12. The predicted molar refractivity (Wildman–Crippen MR) is 70.4 cm³/mol. The number of phenolic OH excluding ortho intramolecular Hbond substituents is 1. The van der Waals surface area contributed by atoms with Gasteiger partial charge in [-0.3, -0.25) is 4.79 Å². The van der Waals surface area contributed by atoms with Crippen LogP contribution in [0.5, 0.6) is 5.75 Å². The number of aromatic hydroxyl groups is 1. The molecule has 4 heteroatoms. The molecule has 1 aliphatic rings. The van der Waals surface area contributed by atoms with Crippen molar-refractivity contribution >= 4 is 5.91 Å². The molecule has 18 heavy (non-hydrogen) atoms. The molecule has 0 aromatic heterocycles. The summed E-state index contributed by atoms with van der Waals surface area (Å²) < 4.78 is 0. The van der Waals surface area contributed by atoms with Crippen LogP contribution in [0.1, 0.15) is 29.6 Å². The number of carbonyl (C=O) groups excluding carboxylic acids is 1. The molecule has 1 aromatic carbocycles. The lowest BCUT2D eigenvalue weighted by molar-refractivity contribution is 0.0687. The van der Waals surface area contributed by atoms with E-state index in [0.717, 1.165) is 38.9 Å². The third-order valence-electron chi connectivity index (χ3n) is 3.57. The average molecular weight is 248 g/mol. The highest BCUT2D eigenvalue weighted by molar-refractivity contribution is 5.94. The van der Waals surface area contributed by atoms with E-state index in [1.165, 1.54) is 6.07 Å².